The van der Waals surface area contributed by atoms with Gasteiger partial charge in [-0.3, -0.25) is 9.59 Å². The highest BCUT2D eigenvalue weighted by molar-refractivity contribution is 5.95. The molecule has 0 spiro atoms. The van der Waals surface area contributed by atoms with Gasteiger partial charge in [-0.1, -0.05) is 36.4 Å². The highest BCUT2D eigenvalue weighted by atomic mass is 16.5. The fourth-order valence-electron chi connectivity index (χ4n) is 2.65. The highest BCUT2D eigenvalue weighted by Gasteiger charge is 2.19. The first kappa shape index (κ1) is 17.4. The maximum absolute atomic E-state index is 12.7. The lowest BCUT2D eigenvalue weighted by molar-refractivity contribution is -0.141. The minimum atomic E-state index is -0.465. The number of amides is 1. The fraction of sp³-hybridized carbons (Fsp3) is 0.150. The van der Waals surface area contributed by atoms with Gasteiger partial charge < -0.3 is 14.6 Å². The van der Waals surface area contributed by atoms with Crippen LogP contribution >= 0.6 is 0 Å². The number of benzene rings is 2. The number of carbonyl (C=O) groups excluding carboxylic acids is 2. The number of methoxy groups -OCH3 is 1. The molecule has 1 amide bonds. The Morgan fingerprint density at radius 2 is 1.96 bits per heavy atom. The summed E-state index contributed by atoms with van der Waals surface area (Å²) < 4.78 is 6.58. The van der Waals surface area contributed by atoms with E-state index >= 15 is 0 Å². The van der Waals surface area contributed by atoms with Gasteiger partial charge in [-0.2, -0.15) is 0 Å². The molecule has 0 radical (unpaired) electrons. The van der Waals surface area contributed by atoms with E-state index in [0.29, 0.717) is 5.56 Å². The number of imidazole rings is 1. The summed E-state index contributed by atoms with van der Waals surface area (Å²) in [5.74, 6) is -0.643. The average molecular weight is 349 g/mol. The van der Waals surface area contributed by atoms with Gasteiger partial charge in [-0.25, -0.2) is 4.98 Å². The lowest BCUT2D eigenvalue weighted by Gasteiger charge is -2.18. The lowest BCUT2D eigenvalue weighted by atomic mass is 10.0. The van der Waals surface area contributed by atoms with Crippen LogP contribution in [0.1, 0.15) is 28.4 Å². The summed E-state index contributed by atoms with van der Waals surface area (Å²) >= 11 is 0. The third-order valence-electron chi connectivity index (χ3n) is 4.02. The quantitative estimate of drug-likeness (QED) is 0.695. The lowest BCUT2D eigenvalue weighted by Crippen LogP contribution is -2.30. The van der Waals surface area contributed by atoms with Crippen LogP contribution in [-0.2, 0) is 9.53 Å². The third-order valence-corrected chi connectivity index (χ3v) is 4.02. The van der Waals surface area contributed by atoms with E-state index in [1.54, 1.807) is 30.9 Å². The van der Waals surface area contributed by atoms with Crippen LogP contribution in [0.5, 0.6) is 0 Å². The molecule has 6 nitrogen and oxygen atoms in total. The Morgan fingerprint density at radius 3 is 2.65 bits per heavy atom. The largest absolute Gasteiger partial charge is 0.469 e. The number of carbonyl (C=O) groups is 2. The Morgan fingerprint density at radius 1 is 1.15 bits per heavy atom. The Labute approximate surface area is 151 Å². The topological polar surface area (TPSA) is 73.2 Å². The van der Waals surface area contributed by atoms with Gasteiger partial charge >= 0.3 is 5.97 Å². The number of hydrogen-bond acceptors (Lipinski definition) is 4. The molecule has 0 aliphatic rings. The molecule has 3 rings (SSSR count). The summed E-state index contributed by atoms with van der Waals surface area (Å²) in [7, 11) is 1.33. The molecule has 26 heavy (non-hydrogen) atoms. The van der Waals surface area contributed by atoms with Crippen molar-refractivity contribution in [2.24, 2.45) is 0 Å². The van der Waals surface area contributed by atoms with E-state index < -0.39 is 6.04 Å². The van der Waals surface area contributed by atoms with Crippen LogP contribution in [0.25, 0.3) is 5.69 Å². The first-order valence-corrected chi connectivity index (χ1v) is 8.18. The van der Waals surface area contributed by atoms with Crippen molar-refractivity contribution < 1.29 is 14.3 Å². The fourth-order valence-corrected chi connectivity index (χ4v) is 2.65. The smallest absolute Gasteiger partial charge is 0.307 e. The van der Waals surface area contributed by atoms with Gasteiger partial charge in [-0.05, 0) is 23.8 Å². The summed E-state index contributed by atoms with van der Waals surface area (Å²) in [6, 6.07) is 16.1. The van der Waals surface area contributed by atoms with Crippen LogP contribution in [0.2, 0.25) is 0 Å². The third kappa shape index (κ3) is 4.16. The molecular formula is C20H19N3O3. The van der Waals surface area contributed by atoms with Crippen LogP contribution < -0.4 is 5.32 Å². The van der Waals surface area contributed by atoms with Crippen LogP contribution in [0, 0.1) is 0 Å². The van der Waals surface area contributed by atoms with Crippen molar-refractivity contribution in [2.75, 3.05) is 7.11 Å². The predicted molar refractivity (Wildman–Crippen MR) is 96.8 cm³/mol. The second-order valence-electron chi connectivity index (χ2n) is 5.74. The molecule has 1 unspecified atom stereocenters. The maximum atomic E-state index is 12.7. The maximum Gasteiger partial charge on any atom is 0.307 e. The van der Waals surface area contributed by atoms with E-state index in [9.17, 15) is 9.59 Å². The van der Waals surface area contributed by atoms with Crippen molar-refractivity contribution in [3.8, 4) is 5.69 Å². The Balaban J connectivity index is 1.81. The molecule has 3 aromatic rings. The molecule has 0 aliphatic carbocycles. The number of esters is 1. The van der Waals surface area contributed by atoms with Crippen LogP contribution in [0.4, 0.5) is 0 Å². The minimum absolute atomic E-state index is 0.0630. The van der Waals surface area contributed by atoms with Crippen molar-refractivity contribution >= 4 is 11.9 Å². The minimum Gasteiger partial charge on any atom is -0.469 e. The van der Waals surface area contributed by atoms with E-state index in [-0.39, 0.29) is 18.3 Å². The SMILES string of the molecule is COC(=O)CC(NC(=O)c1cccc(-n2ccnc2)c1)c1ccccc1. The standard InChI is InChI=1S/C20H19N3O3/c1-26-19(24)13-18(15-6-3-2-4-7-15)22-20(25)16-8-5-9-17(12-16)23-11-10-21-14-23/h2-12,14,18H,13H2,1H3,(H,22,25). The molecule has 0 bridgehead atoms. The zero-order chi connectivity index (χ0) is 18.4. The number of rotatable bonds is 6. The van der Waals surface area contributed by atoms with Gasteiger partial charge in [0.15, 0.2) is 0 Å². The molecule has 6 heteroatoms. The monoisotopic (exact) mass is 349 g/mol. The van der Waals surface area contributed by atoms with Crippen molar-refractivity contribution in [3.05, 3.63) is 84.4 Å². The molecule has 1 atom stereocenters. The first-order valence-electron chi connectivity index (χ1n) is 8.18. The summed E-state index contributed by atoms with van der Waals surface area (Å²) in [5.41, 5.74) is 2.18. The zero-order valence-electron chi connectivity index (χ0n) is 14.3. The number of nitrogens with one attached hydrogen (secondary N) is 1. The van der Waals surface area contributed by atoms with Crippen molar-refractivity contribution in [1.82, 2.24) is 14.9 Å². The molecule has 0 saturated carbocycles. The van der Waals surface area contributed by atoms with E-state index in [4.69, 9.17) is 4.74 Å². The molecule has 132 valence electrons. The van der Waals surface area contributed by atoms with E-state index in [1.165, 1.54) is 7.11 Å². The molecule has 2 aromatic carbocycles. The number of nitrogens with zero attached hydrogens (tertiary/aromatic N) is 2. The van der Waals surface area contributed by atoms with Gasteiger partial charge in [0.05, 0.1) is 25.9 Å². The molecule has 0 aliphatic heterocycles. The normalized spacial score (nSPS) is 11.6. The van der Waals surface area contributed by atoms with Crippen LogP contribution in [0.3, 0.4) is 0 Å². The predicted octanol–water partition coefficient (Wildman–Crippen LogP) is 2.91. The second kappa shape index (κ2) is 8.11. The van der Waals surface area contributed by atoms with Crippen molar-refractivity contribution in [2.45, 2.75) is 12.5 Å². The summed E-state index contributed by atoms with van der Waals surface area (Å²) in [6.45, 7) is 0. The van der Waals surface area contributed by atoms with Gasteiger partial charge in [0.1, 0.15) is 0 Å². The van der Waals surface area contributed by atoms with Crippen LogP contribution in [-0.4, -0.2) is 28.5 Å². The van der Waals surface area contributed by atoms with Gasteiger partial charge in [0, 0.05) is 23.6 Å². The number of aromatic nitrogens is 2. The van der Waals surface area contributed by atoms with Crippen molar-refractivity contribution in [3.63, 3.8) is 0 Å². The first-order chi connectivity index (χ1) is 12.7. The molecular weight excluding hydrogens is 330 g/mol. The second-order valence-corrected chi connectivity index (χ2v) is 5.74. The van der Waals surface area contributed by atoms with E-state index in [0.717, 1.165) is 11.3 Å². The number of ether oxygens (including phenoxy) is 1. The zero-order valence-corrected chi connectivity index (χ0v) is 14.3. The Bertz CT molecular complexity index is 876. The van der Waals surface area contributed by atoms with Gasteiger partial charge in [-0.15, -0.1) is 0 Å². The summed E-state index contributed by atoms with van der Waals surface area (Å²) in [5, 5.41) is 2.92. The molecule has 1 heterocycles. The Kier molecular flexibility index (Phi) is 5.43. The molecule has 0 saturated heterocycles. The molecule has 1 N–H and O–H groups in total. The molecule has 0 fully saturated rings. The van der Waals surface area contributed by atoms with Gasteiger partial charge in [0.25, 0.3) is 5.91 Å². The van der Waals surface area contributed by atoms with E-state index in [2.05, 4.69) is 10.3 Å². The number of hydrogen-bond donors (Lipinski definition) is 1. The summed E-state index contributed by atoms with van der Waals surface area (Å²) in [6.07, 6.45) is 5.21. The molecule has 1 aromatic heterocycles. The Hall–Kier alpha value is -3.41. The van der Waals surface area contributed by atoms with Gasteiger partial charge in [0.2, 0.25) is 0 Å². The average Bonchev–Trinajstić information content (AvgIpc) is 3.23. The van der Waals surface area contributed by atoms with E-state index in [1.807, 2.05) is 47.0 Å². The van der Waals surface area contributed by atoms with Crippen molar-refractivity contribution in [1.29, 1.82) is 0 Å². The highest BCUT2D eigenvalue weighted by Crippen LogP contribution is 2.19. The summed E-state index contributed by atoms with van der Waals surface area (Å²) in [4.78, 5) is 28.5. The van der Waals surface area contributed by atoms with Crippen LogP contribution in [0.15, 0.2) is 73.3 Å².